The van der Waals surface area contributed by atoms with Gasteiger partial charge >= 0.3 is 0 Å². The van der Waals surface area contributed by atoms with Gasteiger partial charge in [-0.25, -0.2) is 9.98 Å². The summed E-state index contributed by atoms with van der Waals surface area (Å²) in [5.74, 6) is 0.930. The number of nitrogens with zero attached hydrogens (tertiary/aromatic N) is 2. The van der Waals surface area contributed by atoms with Crippen molar-refractivity contribution in [1.82, 2.24) is 15.0 Å². The normalized spacial score (nSPS) is 11.8. The van der Waals surface area contributed by atoms with Gasteiger partial charge in [0.1, 0.15) is 5.82 Å². The second-order valence-electron chi connectivity index (χ2n) is 6.71. The van der Waals surface area contributed by atoms with E-state index >= 15 is 0 Å². The summed E-state index contributed by atoms with van der Waals surface area (Å²) in [6, 6.07) is 25.6. The standard InChI is InChI=1S/C24H18N4O/c29-24-21(19-8-4-5-9-20(19)28-24)22(16-6-2-1-3-7-16)27-18-12-10-17(11-13-18)23-25-14-15-26-23/h1-15,28-29H,(H,25,26). The van der Waals surface area contributed by atoms with Gasteiger partial charge in [0.05, 0.1) is 17.0 Å². The molecule has 0 unspecified atom stereocenters. The van der Waals surface area contributed by atoms with Crippen LogP contribution in [-0.4, -0.2) is 25.8 Å². The molecule has 3 aromatic carbocycles. The molecule has 0 bridgehead atoms. The summed E-state index contributed by atoms with van der Waals surface area (Å²) in [6.45, 7) is 0. The molecule has 0 saturated heterocycles. The van der Waals surface area contributed by atoms with Crippen molar-refractivity contribution >= 4 is 22.3 Å². The van der Waals surface area contributed by atoms with E-state index in [1.807, 2.05) is 78.9 Å². The van der Waals surface area contributed by atoms with E-state index in [4.69, 9.17) is 4.99 Å². The molecule has 0 aliphatic heterocycles. The van der Waals surface area contributed by atoms with Gasteiger partial charge in [0, 0.05) is 34.4 Å². The van der Waals surface area contributed by atoms with Crippen molar-refractivity contribution in [2.75, 3.05) is 0 Å². The van der Waals surface area contributed by atoms with Crippen LogP contribution < -0.4 is 0 Å². The number of para-hydroxylation sites is 1. The Morgan fingerprint density at radius 2 is 1.62 bits per heavy atom. The summed E-state index contributed by atoms with van der Waals surface area (Å²) in [7, 11) is 0. The first-order valence-electron chi connectivity index (χ1n) is 9.33. The minimum absolute atomic E-state index is 0.112. The Bertz CT molecular complexity index is 1280. The molecule has 140 valence electrons. The van der Waals surface area contributed by atoms with E-state index in [1.165, 1.54) is 0 Å². The molecule has 5 aromatic rings. The molecule has 0 amide bonds. The Balaban J connectivity index is 1.66. The maximum atomic E-state index is 10.7. The third-order valence-corrected chi connectivity index (χ3v) is 4.85. The van der Waals surface area contributed by atoms with E-state index in [9.17, 15) is 5.11 Å². The van der Waals surface area contributed by atoms with E-state index in [1.54, 1.807) is 12.4 Å². The number of aliphatic imine (C=N–C) groups is 1. The predicted molar refractivity (Wildman–Crippen MR) is 116 cm³/mol. The molecule has 29 heavy (non-hydrogen) atoms. The van der Waals surface area contributed by atoms with Gasteiger partial charge in [-0.1, -0.05) is 48.5 Å². The molecule has 0 saturated carbocycles. The topological polar surface area (TPSA) is 77.1 Å². The highest BCUT2D eigenvalue weighted by Gasteiger charge is 2.18. The highest BCUT2D eigenvalue weighted by molar-refractivity contribution is 6.21. The van der Waals surface area contributed by atoms with Crippen LogP contribution in [-0.2, 0) is 0 Å². The molecule has 3 N–H and O–H groups in total. The first-order valence-corrected chi connectivity index (χ1v) is 9.33. The smallest absolute Gasteiger partial charge is 0.199 e. The molecule has 0 aliphatic rings. The van der Waals surface area contributed by atoms with Gasteiger partial charge < -0.3 is 15.1 Å². The highest BCUT2D eigenvalue weighted by atomic mass is 16.3. The van der Waals surface area contributed by atoms with Crippen LogP contribution in [0.4, 0.5) is 5.69 Å². The van der Waals surface area contributed by atoms with Gasteiger partial charge in [-0.05, 0) is 30.3 Å². The summed E-state index contributed by atoms with van der Waals surface area (Å²) < 4.78 is 0. The number of H-pyrrole nitrogens is 2. The molecule has 0 atom stereocenters. The van der Waals surface area contributed by atoms with E-state index in [0.717, 1.165) is 33.5 Å². The van der Waals surface area contributed by atoms with E-state index in [0.29, 0.717) is 11.3 Å². The summed E-state index contributed by atoms with van der Waals surface area (Å²) in [5.41, 5.74) is 5.00. The van der Waals surface area contributed by atoms with Crippen LogP contribution >= 0.6 is 0 Å². The first-order chi connectivity index (χ1) is 14.3. The van der Waals surface area contributed by atoms with Crippen molar-refractivity contribution in [2.24, 2.45) is 4.99 Å². The van der Waals surface area contributed by atoms with Crippen molar-refractivity contribution in [3.63, 3.8) is 0 Å². The lowest BCUT2D eigenvalue weighted by molar-refractivity contribution is 0.457. The molecule has 0 radical (unpaired) electrons. The predicted octanol–water partition coefficient (Wildman–Crippen LogP) is 5.43. The van der Waals surface area contributed by atoms with Crippen LogP contribution in [0.2, 0.25) is 0 Å². The van der Waals surface area contributed by atoms with Crippen LogP contribution in [0.3, 0.4) is 0 Å². The van der Waals surface area contributed by atoms with E-state index in [-0.39, 0.29) is 5.88 Å². The number of fused-ring (bicyclic) bond motifs is 1. The molecule has 0 aliphatic carbocycles. The SMILES string of the molecule is Oc1[nH]c2ccccc2c1C(=Nc1ccc(-c2ncc[nH]2)cc1)c1ccccc1. The zero-order chi connectivity index (χ0) is 19.6. The van der Waals surface area contributed by atoms with Crippen LogP contribution in [0.5, 0.6) is 5.88 Å². The fraction of sp³-hybridized carbons (Fsp3) is 0. The number of imidazole rings is 1. The summed E-state index contributed by atoms with van der Waals surface area (Å²) >= 11 is 0. The molecule has 5 rings (SSSR count). The lowest BCUT2D eigenvalue weighted by atomic mass is 10.0. The van der Waals surface area contributed by atoms with Crippen LogP contribution in [0, 0.1) is 0 Å². The monoisotopic (exact) mass is 378 g/mol. The third-order valence-electron chi connectivity index (χ3n) is 4.85. The Labute approximate surface area is 167 Å². The second kappa shape index (κ2) is 7.13. The van der Waals surface area contributed by atoms with Crippen LogP contribution in [0.15, 0.2) is 96.2 Å². The lowest BCUT2D eigenvalue weighted by Gasteiger charge is -2.08. The number of aromatic amines is 2. The number of aromatic hydroxyl groups is 1. The van der Waals surface area contributed by atoms with E-state index < -0.39 is 0 Å². The van der Waals surface area contributed by atoms with Gasteiger partial charge in [-0.2, -0.15) is 0 Å². The van der Waals surface area contributed by atoms with Crippen LogP contribution in [0.1, 0.15) is 11.1 Å². The lowest BCUT2D eigenvalue weighted by Crippen LogP contribution is -2.02. The van der Waals surface area contributed by atoms with Crippen molar-refractivity contribution in [3.05, 3.63) is 102 Å². The number of aromatic nitrogens is 3. The number of nitrogens with one attached hydrogen (secondary N) is 2. The minimum atomic E-state index is 0.112. The number of rotatable bonds is 4. The molecule has 2 aromatic heterocycles. The fourth-order valence-corrected chi connectivity index (χ4v) is 3.47. The zero-order valence-corrected chi connectivity index (χ0v) is 15.5. The van der Waals surface area contributed by atoms with E-state index in [2.05, 4.69) is 15.0 Å². The Hall–Kier alpha value is -4.12. The fourth-order valence-electron chi connectivity index (χ4n) is 3.47. The molecule has 0 spiro atoms. The van der Waals surface area contributed by atoms with Crippen molar-refractivity contribution in [1.29, 1.82) is 0 Å². The van der Waals surface area contributed by atoms with Crippen molar-refractivity contribution in [2.45, 2.75) is 0 Å². The Morgan fingerprint density at radius 1 is 0.862 bits per heavy atom. The number of benzene rings is 3. The molecule has 5 nitrogen and oxygen atoms in total. The number of hydrogen-bond donors (Lipinski definition) is 3. The maximum Gasteiger partial charge on any atom is 0.199 e. The Kier molecular flexibility index (Phi) is 4.18. The highest BCUT2D eigenvalue weighted by Crippen LogP contribution is 2.31. The van der Waals surface area contributed by atoms with Gasteiger partial charge in [0.25, 0.3) is 0 Å². The summed E-state index contributed by atoms with van der Waals surface area (Å²) in [6.07, 6.45) is 3.53. The second-order valence-corrected chi connectivity index (χ2v) is 6.71. The van der Waals surface area contributed by atoms with Crippen molar-refractivity contribution in [3.8, 4) is 17.3 Å². The van der Waals surface area contributed by atoms with Gasteiger partial charge in [0.2, 0.25) is 0 Å². The van der Waals surface area contributed by atoms with Gasteiger partial charge in [-0.3, -0.25) is 0 Å². The molecular formula is C24H18N4O. The molecule has 5 heteroatoms. The largest absolute Gasteiger partial charge is 0.494 e. The third kappa shape index (κ3) is 3.19. The van der Waals surface area contributed by atoms with Crippen LogP contribution in [0.25, 0.3) is 22.3 Å². The summed E-state index contributed by atoms with van der Waals surface area (Å²) in [4.78, 5) is 15.4. The molecule has 0 fully saturated rings. The average molecular weight is 378 g/mol. The molecular weight excluding hydrogens is 360 g/mol. The quantitative estimate of drug-likeness (QED) is 0.365. The first kappa shape index (κ1) is 17.0. The van der Waals surface area contributed by atoms with Crippen molar-refractivity contribution < 1.29 is 5.11 Å². The molecule has 2 heterocycles. The maximum absolute atomic E-state index is 10.7. The minimum Gasteiger partial charge on any atom is -0.494 e. The Morgan fingerprint density at radius 3 is 2.38 bits per heavy atom. The van der Waals surface area contributed by atoms with Gasteiger partial charge in [0.15, 0.2) is 5.88 Å². The average Bonchev–Trinajstić information content (AvgIpc) is 3.41. The zero-order valence-electron chi connectivity index (χ0n) is 15.5. The van der Waals surface area contributed by atoms with Gasteiger partial charge in [-0.15, -0.1) is 0 Å². The number of hydrogen-bond acceptors (Lipinski definition) is 3. The summed E-state index contributed by atoms with van der Waals surface area (Å²) in [5, 5.41) is 11.6.